The van der Waals surface area contributed by atoms with Crippen LogP contribution in [0.2, 0.25) is 0 Å². The minimum atomic E-state index is -3.61. The number of nitrogens with zero attached hydrogens (tertiary/aromatic N) is 3. The van der Waals surface area contributed by atoms with E-state index < -0.39 is 15.6 Å². The SMILES string of the molecule is COc1ccc(S(=O)(=O)N2CCN(Cc3c(O)c(CN4CCCCC4)coc3=O)CC2)cc1. The largest absolute Gasteiger partial charge is 0.507 e. The Morgan fingerprint density at radius 2 is 1.58 bits per heavy atom. The number of likely N-dealkylation sites (tertiary alicyclic amines) is 1. The van der Waals surface area contributed by atoms with Crippen molar-refractivity contribution < 1.29 is 22.7 Å². The summed E-state index contributed by atoms with van der Waals surface area (Å²) in [7, 11) is -2.07. The molecular formula is C23H31N3O6S. The Hall–Kier alpha value is -2.40. The van der Waals surface area contributed by atoms with Crippen LogP contribution >= 0.6 is 0 Å². The van der Waals surface area contributed by atoms with Crippen molar-refractivity contribution in [2.75, 3.05) is 46.4 Å². The molecule has 33 heavy (non-hydrogen) atoms. The molecular weight excluding hydrogens is 446 g/mol. The maximum atomic E-state index is 13.0. The topological polar surface area (TPSA) is 104 Å². The van der Waals surface area contributed by atoms with E-state index in [9.17, 15) is 18.3 Å². The Morgan fingerprint density at radius 1 is 0.939 bits per heavy atom. The molecule has 1 N–H and O–H groups in total. The van der Waals surface area contributed by atoms with Gasteiger partial charge in [-0.2, -0.15) is 4.31 Å². The summed E-state index contributed by atoms with van der Waals surface area (Å²) in [6, 6.07) is 6.33. The predicted octanol–water partition coefficient (Wildman–Crippen LogP) is 1.85. The molecule has 0 saturated carbocycles. The summed E-state index contributed by atoms with van der Waals surface area (Å²) in [5.41, 5.74) is 0.298. The number of sulfonamides is 1. The second-order valence-corrected chi connectivity index (χ2v) is 10.5. The molecule has 9 nitrogen and oxygen atoms in total. The maximum Gasteiger partial charge on any atom is 0.343 e. The molecule has 0 bridgehead atoms. The van der Waals surface area contributed by atoms with Crippen LogP contribution in [0.15, 0.2) is 44.6 Å². The van der Waals surface area contributed by atoms with Gasteiger partial charge in [-0.05, 0) is 50.2 Å². The van der Waals surface area contributed by atoms with Crippen LogP contribution in [0.1, 0.15) is 30.4 Å². The standard InChI is InChI=1S/C23H31N3O6S/c1-31-19-5-7-20(8-6-19)33(29,30)26-13-11-25(12-14-26)16-21-22(27)18(17-32-23(21)28)15-24-9-3-2-4-10-24/h5-8,17,27H,2-4,9-16H2,1H3. The lowest BCUT2D eigenvalue weighted by atomic mass is 10.1. The minimum absolute atomic E-state index is 0.00916. The van der Waals surface area contributed by atoms with Gasteiger partial charge in [-0.15, -0.1) is 0 Å². The van der Waals surface area contributed by atoms with Gasteiger partial charge in [0.25, 0.3) is 0 Å². The van der Waals surface area contributed by atoms with Gasteiger partial charge in [0, 0.05) is 44.8 Å². The molecule has 0 spiro atoms. The molecule has 1 aromatic carbocycles. The van der Waals surface area contributed by atoms with E-state index in [-0.39, 0.29) is 22.8 Å². The Bertz CT molecular complexity index is 1100. The van der Waals surface area contributed by atoms with Crippen LogP contribution in [0.4, 0.5) is 0 Å². The summed E-state index contributed by atoms with van der Waals surface area (Å²) in [5, 5.41) is 10.8. The van der Waals surface area contributed by atoms with Crippen molar-refractivity contribution in [3.63, 3.8) is 0 Å². The molecule has 3 heterocycles. The summed E-state index contributed by atoms with van der Waals surface area (Å²) < 4.78 is 37.7. The second-order valence-electron chi connectivity index (χ2n) is 8.57. The van der Waals surface area contributed by atoms with Crippen LogP contribution in [0.3, 0.4) is 0 Å². The van der Waals surface area contributed by atoms with Gasteiger partial charge in [-0.3, -0.25) is 9.80 Å². The zero-order valence-electron chi connectivity index (χ0n) is 18.9. The van der Waals surface area contributed by atoms with Crippen molar-refractivity contribution in [3.8, 4) is 11.5 Å². The highest BCUT2D eigenvalue weighted by Gasteiger charge is 2.29. The molecule has 2 aliphatic rings. The van der Waals surface area contributed by atoms with Crippen molar-refractivity contribution in [3.05, 3.63) is 52.1 Å². The highest BCUT2D eigenvalue weighted by atomic mass is 32.2. The molecule has 0 radical (unpaired) electrons. The lowest BCUT2D eigenvalue weighted by Crippen LogP contribution is -2.48. The molecule has 0 amide bonds. The molecule has 10 heteroatoms. The van der Waals surface area contributed by atoms with Crippen LogP contribution in [0.25, 0.3) is 0 Å². The van der Waals surface area contributed by atoms with Gasteiger partial charge in [0.1, 0.15) is 17.8 Å². The number of piperazine rings is 1. The number of hydrogen-bond acceptors (Lipinski definition) is 8. The van der Waals surface area contributed by atoms with Crippen molar-refractivity contribution in [1.29, 1.82) is 0 Å². The van der Waals surface area contributed by atoms with Crippen molar-refractivity contribution in [2.24, 2.45) is 0 Å². The highest BCUT2D eigenvalue weighted by molar-refractivity contribution is 7.89. The third-order valence-electron chi connectivity index (χ3n) is 6.40. The fourth-order valence-corrected chi connectivity index (χ4v) is 5.82. The first-order valence-corrected chi connectivity index (χ1v) is 12.7. The lowest BCUT2D eigenvalue weighted by Gasteiger charge is -2.34. The Labute approximate surface area is 194 Å². The Kier molecular flexibility index (Phi) is 7.38. The van der Waals surface area contributed by atoms with E-state index in [1.165, 1.54) is 36.2 Å². The van der Waals surface area contributed by atoms with Crippen LogP contribution in [-0.2, 0) is 23.1 Å². The van der Waals surface area contributed by atoms with Crippen molar-refractivity contribution in [1.82, 2.24) is 14.1 Å². The van der Waals surface area contributed by atoms with Crippen LogP contribution in [-0.4, -0.2) is 74.0 Å². The van der Waals surface area contributed by atoms with Gasteiger partial charge in [0.05, 0.1) is 17.6 Å². The summed E-state index contributed by atoms with van der Waals surface area (Å²) >= 11 is 0. The fraction of sp³-hybridized carbons (Fsp3) is 0.522. The number of ether oxygens (including phenoxy) is 1. The van der Waals surface area contributed by atoms with E-state index in [2.05, 4.69) is 4.90 Å². The van der Waals surface area contributed by atoms with Gasteiger partial charge < -0.3 is 14.3 Å². The number of aromatic hydroxyl groups is 1. The van der Waals surface area contributed by atoms with Gasteiger partial charge in [0.2, 0.25) is 10.0 Å². The molecule has 2 aliphatic heterocycles. The third-order valence-corrected chi connectivity index (χ3v) is 8.31. The first-order valence-electron chi connectivity index (χ1n) is 11.3. The van der Waals surface area contributed by atoms with E-state index >= 15 is 0 Å². The molecule has 4 rings (SSSR count). The van der Waals surface area contributed by atoms with Gasteiger partial charge >= 0.3 is 5.63 Å². The van der Waals surface area contributed by atoms with Crippen molar-refractivity contribution in [2.45, 2.75) is 37.2 Å². The molecule has 0 aliphatic carbocycles. The van der Waals surface area contributed by atoms with Gasteiger partial charge in [0.15, 0.2) is 0 Å². The van der Waals surface area contributed by atoms with Gasteiger partial charge in [-0.1, -0.05) is 6.42 Å². The number of rotatable bonds is 7. The molecule has 180 valence electrons. The summed E-state index contributed by atoms with van der Waals surface area (Å²) in [5.74, 6) is 0.588. The molecule has 0 unspecified atom stereocenters. The Balaban J connectivity index is 1.40. The molecule has 2 saturated heterocycles. The third kappa shape index (κ3) is 5.40. The van der Waals surface area contributed by atoms with Crippen LogP contribution in [0, 0.1) is 0 Å². The minimum Gasteiger partial charge on any atom is -0.507 e. The summed E-state index contributed by atoms with van der Waals surface area (Å²) in [6.07, 6.45) is 4.84. The first-order chi connectivity index (χ1) is 15.9. The zero-order valence-corrected chi connectivity index (χ0v) is 19.7. The predicted molar refractivity (Wildman–Crippen MR) is 123 cm³/mol. The van der Waals surface area contributed by atoms with E-state index in [4.69, 9.17) is 9.15 Å². The molecule has 2 fully saturated rings. The van der Waals surface area contributed by atoms with E-state index in [0.717, 1.165) is 25.9 Å². The highest BCUT2D eigenvalue weighted by Crippen LogP contribution is 2.25. The normalized spacial score (nSPS) is 18.9. The summed E-state index contributed by atoms with van der Waals surface area (Å²) in [4.78, 5) is 16.8. The molecule has 0 atom stereocenters. The average molecular weight is 478 g/mol. The molecule has 1 aromatic heterocycles. The monoisotopic (exact) mass is 477 g/mol. The number of methoxy groups -OCH3 is 1. The van der Waals surface area contributed by atoms with E-state index in [0.29, 0.717) is 44.0 Å². The van der Waals surface area contributed by atoms with Crippen LogP contribution in [0.5, 0.6) is 11.5 Å². The van der Waals surface area contributed by atoms with Crippen LogP contribution < -0.4 is 10.4 Å². The van der Waals surface area contributed by atoms with E-state index in [1.807, 2.05) is 4.90 Å². The van der Waals surface area contributed by atoms with E-state index in [1.54, 1.807) is 12.1 Å². The first kappa shape index (κ1) is 23.7. The quantitative estimate of drug-likeness (QED) is 0.645. The van der Waals surface area contributed by atoms with Crippen molar-refractivity contribution >= 4 is 10.0 Å². The van der Waals surface area contributed by atoms with Gasteiger partial charge in [-0.25, -0.2) is 13.2 Å². The smallest absolute Gasteiger partial charge is 0.343 e. The molecule has 2 aromatic rings. The fourth-order valence-electron chi connectivity index (χ4n) is 4.40. The maximum absolute atomic E-state index is 13.0. The number of benzene rings is 1. The zero-order chi connectivity index (χ0) is 23.4. The number of hydrogen-bond donors (Lipinski definition) is 1. The summed E-state index contributed by atoms with van der Waals surface area (Å²) in [6.45, 7) is 4.21. The average Bonchev–Trinajstić information content (AvgIpc) is 2.84. The number of piperidine rings is 1. The Morgan fingerprint density at radius 3 is 2.21 bits per heavy atom. The second kappa shape index (κ2) is 10.3. The lowest BCUT2D eigenvalue weighted by molar-refractivity contribution is 0.177.